The first-order chi connectivity index (χ1) is 9.12. The average Bonchev–Trinajstić information content (AvgIpc) is 2.96. The summed E-state index contributed by atoms with van der Waals surface area (Å²) < 4.78 is 2.24. The van der Waals surface area contributed by atoms with Crippen molar-refractivity contribution in [2.45, 2.75) is 45.2 Å². The van der Waals surface area contributed by atoms with Gasteiger partial charge < -0.3 is 10.3 Å². The molecule has 2 N–H and O–H groups in total. The first kappa shape index (κ1) is 13.8. The molecule has 1 aromatic carbocycles. The van der Waals surface area contributed by atoms with E-state index in [1.165, 1.54) is 0 Å². The van der Waals surface area contributed by atoms with Crippen LogP contribution < -0.4 is 5.73 Å². The number of nitrogens with two attached hydrogens (primary N) is 1. The SMILES string of the molecule is CCC(C)(CC)n1cncc1C(N)c1ccccc1. The minimum Gasteiger partial charge on any atom is -0.327 e. The van der Waals surface area contributed by atoms with Gasteiger partial charge >= 0.3 is 0 Å². The number of hydrogen-bond acceptors (Lipinski definition) is 2. The highest BCUT2D eigenvalue weighted by atomic mass is 15.1. The molecule has 0 amide bonds. The van der Waals surface area contributed by atoms with Gasteiger partial charge in [0.05, 0.1) is 24.3 Å². The third kappa shape index (κ3) is 2.56. The Labute approximate surface area is 115 Å². The molecule has 0 spiro atoms. The van der Waals surface area contributed by atoms with Crippen LogP contribution in [0.1, 0.15) is 50.9 Å². The maximum atomic E-state index is 6.41. The molecule has 3 heteroatoms. The molecule has 1 aromatic heterocycles. The van der Waals surface area contributed by atoms with Gasteiger partial charge in [-0.2, -0.15) is 0 Å². The van der Waals surface area contributed by atoms with Crippen molar-refractivity contribution in [2.24, 2.45) is 5.73 Å². The average molecular weight is 257 g/mol. The summed E-state index contributed by atoms with van der Waals surface area (Å²) in [5, 5.41) is 0. The minimum atomic E-state index is -0.124. The molecular formula is C16H23N3. The fourth-order valence-electron chi connectivity index (χ4n) is 2.41. The van der Waals surface area contributed by atoms with Crippen LogP contribution in [0.25, 0.3) is 0 Å². The van der Waals surface area contributed by atoms with Gasteiger partial charge in [-0.1, -0.05) is 44.2 Å². The number of aromatic nitrogens is 2. The predicted molar refractivity (Wildman–Crippen MR) is 78.9 cm³/mol. The van der Waals surface area contributed by atoms with Gasteiger partial charge in [0.2, 0.25) is 0 Å². The van der Waals surface area contributed by atoms with Crippen LogP contribution in [0.15, 0.2) is 42.9 Å². The van der Waals surface area contributed by atoms with Gasteiger partial charge in [0.1, 0.15) is 0 Å². The second kappa shape index (κ2) is 5.57. The lowest BCUT2D eigenvalue weighted by Crippen LogP contribution is -2.31. The number of benzene rings is 1. The zero-order chi connectivity index (χ0) is 13.9. The molecule has 0 saturated heterocycles. The van der Waals surface area contributed by atoms with E-state index in [1.807, 2.05) is 30.7 Å². The Morgan fingerprint density at radius 3 is 2.42 bits per heavy atom. The van der Waals surface area contributed by atoms with Crippen LogP contribution in [0.4, 0.5) is 0 Å². The lowest BCUT2D eigenvalue weighted by Gasteiger charge is -2.32. The molecule has 0 aliphatic heterocycles. The van der Waals surface area contributed by atoms with Gasteiger partial charge in [0.15, 0.2) is 0 Å². The molecule has 1 unspecified atom stereocenters. The molecule has 2 rings (SSSR count). The molecule has 0 saturated carbocycles. The zero-order valence-corrected chi connectivity index (χ0v) is 12.0. The number of rotatable bonds is 5. The van der Waals surface area contributed by atoms with E-state index in [1.54, 1.807) is 0 Å². The lowest BCUT2D eigenvalue weighted by molar-refractivity contribution is 0.284. The van der Waals surface area contributed by atoms with Gasteiger partial charge in [-0.05, 0) is 25.3 Å². The molecule has 0 radical (unpaired) electrons. The Balaban J connectivity index is 2.40. The van der Waals surface area contributed by atoms with Gasteiger partial charge in [0.25, 0.3) is 0 Å². The largest absolute Gasteiger partial charge is 0.327 e. The highest BCUT2D eigenvalue weighted by Crippen LogP contribution is 2.29. The van der Waals surface area contributed by atoms with Gasteiger partial charge in [0, 0.05) is 5.54 Å². The summed E-state index contributed by atoms with van der Waals surface area (Å²) in [6.07, 6.45) is 5.93. The maximum absolute atomic E-state index is 6.41. The monoisotopic (exact) mass is 257 g/mol. The van der Waals surface area contributed by atoms with Crippen LogP contribution in [-0.4, -0.2) is 9.55 Å². The van der Waals surface area contributed by atoms with Crippen molar-refractivity contribution >= 4 is 0 Å². The van der Waals surface area contributed by atoms with Crippen molar-refractivity contribution in [3.8, 4) is 0 Å². The summed E-state index contributed by atoms with van der Waals surface area (Å²) in [5.74, 6) is 0. The van der Waals surface area contributed by atoms with Gasteiger partial charge in [-0.15, -0.1) is 0 Å². The fourth-order valence-corrected chi connectivity index (χ4v) is 2.41. The van der Waals surface area contributed by atoms with Crippen molar-refractivity contribution in [2.75, 3.05) is 0 Å². The van der Waals surface area contributed by atoms with Crippen molar-refractivity contribution in [3.05, 3.63) is 54.1 Å². The summed E-state index contributed by atoms with van der Waals surface area (Å²) >= 11 is 0. The first-order valence-corrected chi connectivity index (χ1v) is 6.95. The Bertz CT molecular complexity index is 512. The molecule has 0 bridgehead atoms. The van der Waals surface area contributed by atoms with Crippen LogP contribution in [0, 0.1) is 0 Å². The highest BCUT2D eigenvalue weighted by molar-refractivity contribution is 5.27. The number of hydrogen-bond donors (Lipinski definition) is 1. The van der Waals surface area contributed by atoms with Gasteiger partial charge in [-0.3, -0.25) is 0 Å². The van der Waals surface area contributed by atoms with E-state index >= 15 is 0 Å². The predicted octanol–water partition coefficient (Wildman–Crippen LogP) is 3.47. The topological polar surface area (TPSA) is 43.8 Å². The Kier molecular flexibility index (Phi) is 4.05. The maximum Gasteiger partial charge on any atom is 0.0953 e. The van der Waals surface area contributed by atoms with E-state index in [0.29, 0.717) is 0 Å². The molecule has 0 aliphatic rings. The van der Waals surface area contributed by atoms with Gasteiger partial charge in [-0.25, -0.2) is 4.98 Å². The van der Waals surface area contributed by atoms with E-state index < -0.39 is 0 Å². The van der Waals surface area contributed by atoms with Crippen LogP contribution >= 0.6 is 0 Å². The standard InChI is InChI=1S/C16H23N3/c1-4-16(3,5-2)19-12-18-11-14(19)15(17)13-9-7-6-8-10-13/h6-12,15H,4-5,17H2,1-3H3. The van der Waals surface area contributed by atoms with Crippen LogP contribution in [-0.2, 0) is 5.54 Å². The smallest absolute Gasteiger partial charge is 0.0953 e. The van der Waals surface area contributed by atoms with Crippen molar-refractivity contribution in [3.63, 3.8) is 0 Å². The molecule has 0 aliphatic carbocycles. The molecule has 1 heterocycles. The zero-order valence-electron chi connectivity index (χ0n) is 12.0. The fraction of sp³-hybridized carbons (Fsp3) is 0.438. The molecule has 1 atom stereocenters. The van der Waals surface area contributed by atoms with Crippen molar-refractivity contribution in [1.29, 1.82) is 0 Å². The van der Waals surface area contributed by atoms with Crippen LogP contribution in [0.5, 0.6) is 0 Å². The molecule has 0 fully saturated rings. The second-order valence-electron chi connectivity index (χ2n) is 5.28. The molecule has 3 nitrogen and oxygen atoms in total. The van der Waals surface area contributed by atoms with E-state index in [2.05, 4.69) is 42.5 Å². The van der Waals surface area contributed by atoms with Crippen molar-refractivity contribution < 1.29 is 0 Å². The van der Waals surface area contributed by atoms with E-state index in [4.69, 9.17) is 5.73 Å². The molecule has 19 heavy (non-hydrogen) atoms. The van der Waals surface area contributed by atoms with E-state index in [-0.39, 0.29) is 11.6 Å². The summed E-state index contributed by atoms with van der Waals surface area (Å²) in [6, 6.07) is 10.1. The van der Waals surface area contributed by atoms with E-state index in [0.717, 1.165) is 24.1 Å². The summed E-state index contributed by atoms with van der Waals surface area (Å²) in [6.45, 7) is 6.68. The van der Waals surface area contributed by atoms with Crippen molar-refractivity contribution in [1.82, 2.24) is 9.55 Å². The summed E-state index contributed by atoms with van der Waals surface area (Å²) in [4.78, 5) is 4.31. The van der Waals surface area contributed by atoms with E-state index in [9.17, 15) is 0 Å². The molecular weight excluding hydrogens is 234 g/mol. The minimum absolute atomic E-state index is 0.0816. The Hall–Kier alpha value is -1.61. The normalized spacial score (nSPS) is 13.5. The first-order valence-electron chi connectivity index (χ1n) is 6.95. The Morgan fingerprint density at radius 1 is 1.21 bits per heavy atom. The van der Waals surface area contributed by atoms with Crippen LogP contribution in [0.2, 0.25) is 0 Å². The summed E-state index contributed by atoms with van der Waals surface area (Å²) in [5.41, 5.74) is 8.69. The third-order valence-electron chi connectivity index (χ3n) is 4.25. The lowest BCUT2D eigenvalue weighted by atomic mass is 9.93. The molecule has 2 aromatic rings. The van der Waals surface area contributed by atoms with Crippen LogP contribution in [0.3, 0.4) is 0 Å². The Morgan fingerprint density at radius 2 is 1.84 bits per heavy atom. The number of nitrogens with zero attached hydrogens (tertiary/aromatic N) is 2. The highest BCUT2D eigenvalue weighted by Gasteiger charge is 2.26. The summed E-state index contributed by atoms with van der Waals surface area (Å²) in [7, 11) is 0. The molecule has 102 valence electrons. The number of imidazole rings is 1. The quantitative estimate of drug-likeness (QED) is 0.891. The third-order valence-corrected chi connectivity index (χ3v) is 4.25. The second-order valence-corrected chi connectivity index (χ2v) is 5.28.